The van der Waals surface area contributed by atoms with E-state index in [1.807, 2.05) is 6.20 Å². The molecule has 4 heteroatoms. The zero-order valence-corrected chi connectivity index (χ0v) is 14.9. The van der Waals surface area contributed by atoms with E-state index in [2.05, 4.69) is 44.9 Å². The summed E-state index contributed by atoms with van der Waals surface area (Å²) in [6.45, 7) is 6.60. The Morgan fingerprint density at radius 1 is 1.29 bits per heavy atom. The number of hydrogen-bond acceptors (Lipinski definition) is 2. The number of nitrogens with one attached hydrogen (secondary N) is 1. The van der Waals surface area contributed by atoms with Crippen molar-refractivity contribution < 1.29 is 0 Å². The summed E-state index contributed by atoms with van der Waals surface area (Å²) >= 11 is 3.75. The van der Waals surface area contributed by atoms with Crippen LogP contribution in [-0.2, 0) is 6.54 Å². The van der Waals surface area contributed by atoms with Crippen molar-refractivity contribution in [1.82, 2.24) is 15.1 Å². The van der Waals surface area contributed by atoms with Crippen LogP contribution in [0, 0.1) is 17.8 Å². The minimum atomic E-state index is 0.487. The maximum Gasteiger partial charge on any atom is 0.0698 e. The van der Waals surface area contributed by atoms with E-state index < -0.39 is 0 Å². The van der Waals surface area contributed by atoms with Gasteiger partial charge in [-0.25, -0.2) is 0 Å². The van der Waals surface area contributed by atoms with Gasteiger partial charge in [0.1, 0.15) is 0 Å². The molecule has 2 aliphatic carbocycles. The average Bonchev–Trinajstić information content (AvgIpc) is 3.11. The first-order valence-corrected chi connectivity index (χ1v) is 9.51. The van der Waals surface area contributed by atoms with Gasteiger partial charge in [0, 0.05) is 6.54 Å². The number of aromatic nitrogens is 2. The second-order valence-corrected chi connectivity index (χ2v) is 7.58. The van der Waals surface area contributed by atoms with E-state index in [1.165, 1.54) is 42.3 Å². The zero-order valence-electron chi connectivity index (χ0n) is 13.3. The fourth-order valence-corrected chi connectivity index (χ4v) is 4.87. The number of fused-ring (bicyclic) bond motifs is 1. The molecule has 1 N–H and O–H groups in total. The SMILES string of the molecule is CCCNC(c1c(Br)cnn1CCC)C1C2CCCCC21. The molecule has 0 saturated heterocycles. The van der Waals surface area contributed by atoms with Crippen LogP contribution in [0.2, 0.25) is 0 Å². The standard InChI is InChI=1S/C17H28BrN3/c1-3-9-19-16(15-12-7-5-6-8-13(12)15)17-14(18)11-20-21(17)10-4-2/h11-13,15-16,19H,3-10H2,1-2H3. The van der Waals surface area contributed by atoms with Crippen molar-refractivity contribution in [1.29, 1.82) is 0 Å². The number of rotatable bonds is 7. The molecule has 0 amide bonds. The Morgan fingerprint density at radius 2 is 2.00 bits per heavy atom. The van der Waals surface area contributed by atoms with E-state index in [-0.39, 0.29) is 0 Å². The molecule has 21 heavy (non-hydrogen) atoms. The quantitative estimate of drug-likeness (QED) is 0.780. The van der Waals surface area contributed by atoms with Crippen LogP contribution >= 0.6 is 15.9 Å². The van der Waals surface area contributed by atoms with Crippen molar-refractivity contribution in [2.45, 2.75) is 65.0 Å². The summed E-state index contributed by atoms with van der Waals surface area (Å²) in [6.07, 6.45) is 10.1. The molecule has 2 fully saturated rings. The number of aryl methyl sites for hydroxylation is 1. The molecule has 3 nitrogen and oxygen atoms in total. The van der Waals surface area contributed by atoms with Gasteiger partial charge >= 0.3 is 0 Å². The zero-order chi connectivity index (χ0) is 14.8. The lowest BCUT2D eigenvalue weighted by atomic mass is 10.0. The van der Waals surface area contributed by atoms with E-state index in [9.17, 15) is 0 Å². The largest absolute Gasteiger partial charge is 0.308 e. The van der Waals surface area contributed by atoms with Crippen LogP contribution in [0.15, 0.2) is 10.7 Å². The van der Waals surface area contributed by atoms with Gasteiger partial charge in [0.15, 0.2) is 0 Å². The van der Waals surface area contributed by atoms with Gasteiger partial charge in [-0.1, -0.05) is 26.7 Å². The van der Waals surface area contributed by atoms with Crippen molar-refractivity contribution in [3.05, 3.63) is 16.4 Å². The second-order valence-electron chi connectivity index (χ2n) is 6.72. The molecule has 0 spiro atoms. The van der Waals surface area contributed by atoms with Gasteiger partial charge in [-0.3, -0.25) is 4.68 Å². The summed E-state index contributed by atoms with van der Waals surface area (Å²) in [4.78, 5) is 0. The molecule has 0 aromatic carbocycles. The maximum absolute atomic E-state index is 4.59. The highest BCUT2D eigenvalue weighted by Crippen LogP contribution is 2.60. The Hall–Kier alpha value is -0.350. The lowest BCUT2D eigenvalue weighted by Gasteiger charge is -2.21. The Kier molecular flexibility index (Phi) is 5.05. The molecule has 0 aliphatic heterocycles. The Labute approximate surface area is 137 Å². The monoisotopic (exact) mass is 353 g/mol. The smallest absolute Gasteiger partial charge is 0.0698 e. The van der Waals surface area contributed by atoms with Crippen molar-refractivity contribution in [2.24, 2.45) is 17.8 Å². The van der Waals surface area contributed by atoms with Crippen molar-refractivity contribution in [3.8, 4) is 0 Å². The molecule has 1 aromatic heterocycles. The van der Waals surface area contributed by atoms with Gasteiger partial charge in [-0.15, -0.1) is 0 Å². The summed E-state index contributed by atoms with van der Waals surface area (Å²) in [5, 5.41) is 8.43. The maximum atomic E-state index is 4.59. The van der Waals surface area contributed by atoms with Crippen molar-refractivity contribution >= 4 is 15.9 Å². The van der Waals surface area contributed by atoms with Crippen LogP contribution < -0.4 is 5.32 Å². The number of nitrogens with zero attached hydrogens (tertiary/aromatic N) is 2. The third kappa shape index (κ3) is 3.07. The molecule has 3 unspecified atom stereocenters. The van der Waals surface area contributed by atoms with Gasteiger partial charge < -0.3 is 5.32 Å². The predicted molar refractivity (Wildman–Crippen MR) is 90.2 cm³/mol. The minimum absolute atomic E-state index is 0.487. The molecule has 2 saturated carbocycles. The molecular formula is C17H28BrN3. The van der Waals surface area contributed by atoms with Crippen LogP contribution in [0.5, 0.6) is 0 Å². The van der Waals surface area contributed by atoms with Crippen LogP contribution in [0.1, 0.15) is 64.1 Å². The van der Waals surface area contributed by atoms with Gasteiger partial charge in [0.25, 0.3) is 0 Å². The first kappa shape index (κ1) is 15.5. The summed E-state index contributed by atoms with van der Waals surface area (Å²) in [5.41, 5.74) is 1.39. The van der Waals surface area contributed by atoms with Crippen LogP contribution in [0.4, 0.5) is 0 Å². The summed E-state index contributed by atoms with van der Waals surface area (Å²) in [7, 11) is 0. The highest BCUT2D eigenvalue weighted by atomic mass is 79.9. The molecule has 3 rings (SSSR count). The highest BCUT2D eigenvalue weighted by molar-refractivity contribution is 9.10. The topological polar surface area (TPSA) is 29.9 Å². The molecule has 0 bridgehead atoms. The Bertz CT molecular complexity index is 459. The first-order valence-electron chi connectivity index (χ1n) is 8.72. The van der Waals surface area contributed by atoms with Gasteiger partial charge in [-0.05, 0) is 65.9 Å². The van der Waals surface area contributed by atoms with Crippen molar-refractivity contribution in [2.75, 3.05) is 6.54 Å². The number of hydrogen-bond donors (Lipinski definition) is 1. The molecule has 2 aliphatic rings. The molecular weight excluding hydrogens is 326 g/mol. The van der Waals surface area contributed by atoms with E-state index >= 15 is 0 Å². The number of halogens is 1. The van der Waals surface area contributed by atoms with Crippen LogP contribution in [0.3, 0.4) is 0 Å². The third-order valence-electron chi connectivity index (χ3n) is 5.29. The molecule has 1 heterocycles. The van der Waals surface area contributed by atoms with Gasteiger partial charge in [-0.2, -0.15) is 5.10 Å². The van der Waals surface area contributed by atoms with E-state index in [0.29, 0.717) is 6.04 Å². The molecule has 3 atom stereocenters. The van der Waals surface area contributed by atoms with E-state index in [0.717, 1.165) is 37.3 Å². The predicted octanol–water partition coefficient (Wildman–Crippen LogP) is 4.53. The Balaban J connectivity index is 1.84. The van der Waals surface area contributed by atoms with Crippen LogP contribution in [-0.4, -0.2) is 16.3 Å². The second kappa shape index (κ2) is 6.82. The summed E-state index contributed by atoms with van der Waals surface area (Å²) in [5.74, 6) is 2.76. The lowest BCUT2D eigenvalue weighted by molar-refractivity contribution is 0.406. The first-order chi connectivity index (χ1) is 10.3. The summed E-state index contributed by atoms with van der Waals surface area (Å²) in [6, 6.07) is 0.487. The van der Waals surface area contributed by atoms with Gasteiger partial charge in [0.2, 0.25) is 0 Å². The third-order valence-corrected chi connectivity index (χ3v) is 5.90. The molecule has 0 radical (unpaired) electrons. The summed E-state index contributed by atoms with van der Waals surface area (Å²) < 4.78 is 3.41. The average molecular weight is 354 g/mol. The normalized spacial score (nSPS) is 29.2. The fraction of sp³-hybridized carbons (Fsp3) is 0.824. The van der Waals surface area contributed by atoms with Gasteiger partial charge in [0.05, 0.1) is 22.4 Å². The molecule has 118 valence electrons. The minimum Gasteiger partial charge on any atom is -0.308 e. The lowest BCUT2D eigenvalue weighted by Crippen LogP contribution is -2.28. The van der Waals surface area contributed by atoms with Crippen LogP contribution in [0.25, 0.3) is 0 Å². The van der Waals surface area contributed by atoms with E-state index in [1.54, 1.807) is 0 Å². The molecule has 1 aromatic rings. The highest BCUT2D eigenvalue weighted by Gasteiger charge is 2.55. The fourth-order valence-electron chi connectivity index (χ4n) is 4.33. The Morgan fingerprint density at radius 3 is 2.62 bits per heavy atom. The van der Waals surface area contributed by atoms with E-state index in [4.69, 9.17) is 0 Å². The van der Waals surface area contributed by atoms with Crippen molar-refractivity contribution in [3.63, 3.8) is 0 Å².